The van der Waals surface area contributed by atoms with Crippen LogP contribution in [0.2, 0.25) is 0 Å². The predicted molar refractivity (Wildman–Crippen MR) is 80.3 cm³/mol. The molecule has 3 nitrogen and oxygen atoms in total. The van der Waals surface area contributed by atoms with Crippen molar-refractivity contribution in [3.05, 3.63) is 0 Å². The topological polar surface area (TPSA) is 35.5 Å². The van der Waals surface area contributed by atoms with E-state index in [1.165, 1.54) is 51.6 Å². The van der Waals surface area contributed by atoms with E-state index in [4.69, 9.17) is 0 Å². The van der Waals surface area contributed by atoms with E-state index in [9.17, 15) is 5.11 Å². The second kappa shape index (κ2) is 7.61. The lowest BCUT2D eigenvalue weighted by atomic mass is 9.85. The van der Waals surface area contributed by atoms with Crippen molar-refractivity contribution in [2.75, 3.05) is 19.6 Å². The Bertz CT molecular complexity index is 249. The molecule has 0 radical (unpaired) electrons. The maximum atomic E-state index is 9.27. The Hall–Kier alpha value is -0.120. The summed E-state index contributed by atoms with van der Waals surface area (Å²) in [5.41, 5.74) is 0. The number of hydrogen-bond donors (Lipinski definition) is 2. The van der Waals surface area contributed by atoms with Crippen LogP contribution >= 0.6 is 0 Å². The molecule has 1 heterocycles. The maximum Gasteiger partial charge on any atom is 0.0524 e. The predicted octanol–water partition coefficient (Wildman–Crippen LogP) is 2.39. The maximum absolute atomic E-state index is 9.27. The van der Waals surface area contributed by atoms with Gasteiger partial charge in [0.15, 0.2) is 0 Å². The first-order valence-electron chi connectivity index (χ1n) is 8.30. The molecule has 1 aliphatic heterocycles. The highest BCUT2D eigenvalue weighted by atomic mass is 16.3. The smallest absolute Gasteiger partial charge is 0.0524 e. The highest BCUT2D eigenvalue weighted by Crippen LogP contribution is 2.29. The number of aliphatic hydroxyl groups is 1. The van der Waals surface area contributed by atoms with Gasteiger partial charge in [0.25, 0.3) is 0 Å². The zero-order chi connectivity index (χ0) is 13.7. The average Bonchev–Trinajstić information content (AvgIpc) is 2.39. The second-order valence-electron chi connectivity index (χ2n) is 6.83. The number of nitrogens with one attached hydrogen (secondary N) is 1. The molecule has 2 fully saturated rings. The van der Waals surface area contributed by atoms with Crippen molar-refractivity contribution in [2.24, 2.45) is 5.92 Å². The molecule has 0 aromatic carbocycles. The number of nitrogens with zero attached hydrogens (tertiary/aromatic N) is 1. The summed E-state index contributed by atoms with van der Waals surface area (Å²) in [4.78, 5) is 2.74. The van der Waals surface area contributed by atoms with Gasteiger partial charge in [-0.3, -0.25) is 0 Å². The Balaban J connectivity index is 1.64. The molecule has 3 heteroatoms. The number of piperidine rings is 1. The Morgan fingerprint density at radius 2 is 1.95 bits per heavy atom. The van der Waals surface area contributed by atoms with Gasteiger partial charge in [-0.1, -0.05) is 19.8 Å². The van der Waals surface area contributed by atoms with E-state index >= 15 is 0 Å². The summed E-state index contributed by atoms with van der Waals surface area (Å²) < 4.78 is 0. The minimum Gasteiger partial charge on any atom is -0.393 e. The van der Waals surface area contributed by atoms with Crippen LogP contribution in [0.5, 0.6) is 0 Å². The normalized spacial score (nSPS) is 32.4. The lowest BCUT2D eigenvalue weighted by Gasteiger charge is -2.41. The van der Waals surface area contributed by atoms with Gasteiger partial charge in [0.05, 0.1) is 6.10 Å². The summed E-state index contributed by atoms with van der Waals surface area (Å²) >= 11 is 0. The third-order valence-electron chi connectivity index (χ3n) is 4.95. The lowest BCUT2D eigenvalue weighted by molar-refractivity contribution is 0.0991. The van der Waals surface area contributed by atoms with Crippen molar-refractivity contribution in [3.8, 4) is 0 Å². The Kier molecular flexibility index (Phi) is 6.11. The van der Waals surface area contributed by atoms with Gasteiger partial charge in [-0.2, -0.15) is 0 Å². The Morgan fingerprint density at radius 1 is 1.21 bits per heavy atom. The Labute approximate surface area is 118 Å². The van der Waals surface area contributed by atoms with E-state index in [1.807, 2.05) is 6.92 Å². The average molecular weight is 268 g/mol. The Morgan fingerprint density at radius 3 is 2.58 bits per heavy atom. The molecular weight excluding hydrogens is 236 g/mol. The molecule has 3 atom stereocenters. The minimum absolute atomic E-state index is 0.170. The van der Waals surface area contributed by atoms with E-state index in [2.05, 4.69) is 17.1 Å². The number of rotatable bonds is 5. The van der Waals surface area contributed by atoms with Crippen molar-refractivity contribution in [1.82, 2.24) is 10.2 Å². The highest BCUT2D eigenvalue weighted by molar-refractivity contribution is 4.84. The van der Waals surface area contributed by atoms with Crippen LogP contribution in [0.3, 0.4) is 0 Å². The summed E-state index contributed by atoms with van der Waals surface area (Å²) in [6, 6.07) is 1.54. The summed E-state index contributed by atoms with van der Waals surface area (Å²) in [5, 5.41) is 12.9. The van der Waals surface area contributed by atoms with Crippen molar-refractivity contribution >= 4 is 0 Å². The monoisotopic (exact) mass is 268 g/mol. The largest absolute Gasteiger partial charge is 0.393 e. The van der Waals surface area contributed by atoms with Crippen LogP contribution in [-0.2, 0) is 0 Å². The molecule has 1 aliphatic carbocycles. The van der Waals surface area contributed by atoms with Gasteiger partial charge in [0, 0.05) is 12.1 Å². The molecule has 1 saturated carbocycles. The van der Waals surface area contributed by atoms with E-state index in [-0.39, 0.29) is 6.10 Å². The van der Waals surface area contributed by atoms with Crippen LogP contribution in [0.25, 0.3) is 0 Å². The molecule has 19 heavy (non-hydrogen) atoms. The highest BCUT2D eigenvalue weighted by Gasteiger charge is 2.27. The molecule has 3 unspecified atom stereocenters. The molecule has 2 aliphatic rings. The fourth-order valence-corrected chi connectivity index (χ4v) is 3.70. The molecule has 1 saturated heterocycles. The summed E-state index contributed by atoms with van der Waals surface area (Å²) in [5.74, 6) is 0.931. The number of hydrogen-bond acceptors (Lipinski definition) is 3. The third kappa shape index (κ3) is 5.05. The standard InChI is InChI=1S/C16H32N2O/c1-13-4-3-5-16(12-13)18-10-7-15(8-11-18)17-9-6-14(2)19/h13-17,19H,3-12H2,1-2H3. The summed E-state index contributed by atoms with van der Waals surface area (Å²) in [6.45, 7) is 7.78. The SMILES string of the molecule is CC(O)CCNC1CCN(C2CCCC(C)C2)CC1. The lowest BCUT2D eigenvalue weighted by Crippen LogP contribution is -2.48. The van der Waals surface area contributed by atoms with Gasteiger partial charge < -0.3 is 15.3 Å². The molecule has 112 valence electrons. The fourth-order valence-electron chi connectivity index (χ4n) is 3.70. The van der Waals surface area contributed by atoms with Crippen molar-refractivity contribution < 1.29 is 5.11 Å². The van der Waals surface area contributed by atoms with Gasteiger partial charge in [-0.05, 0) is 64.6 Å². The van der Waals surface area contributed by atoms with Crippen LogP contribution in [0.4, 0.5) is 0 Å². The van der Waals surface area contributed by atoms with Crippen LogP contribution in [-0.4, -0.2) is 47.8 Å². The quantitative estimate of drug-likeness (QED) is 0.803. The van der Waals surface area contributed by atoms with Gasteiger partial charge in [-0.15, -0.1) is 0 Å². The molecule has 2 rings (SSSR count). The van der Waals surface area contributed by atoms with Crippen molar-refractivity contribution in [1.29, 1.82) is 0 Å². The van der Waals surface area contributed by atoms with E-state index < -0.39 is 0 Å². The third-order valence-corrected chi connectivity index (χ3v) is 4.95. The zero-order valence-corrected chi connectivity index (χ0v) is 12.8. The van der Waals surface area contributed by atoms with Gasteiger partial charge >= 0.3 is 0 Å². The van der Waals surface area contributed by atoms with Crippen molar-refractivity contribution in [2.45, 2.75) is 77.0 Å². The number of aliphatic hydroxyl groups excluding tert-OH is 1. The van der Waals surface area contributed by atoms with Crippen LogP contribution in [0.15, 0.2) is 0 Å². The fraction of sp³-hybridized carbons (Fsp3) is 1.00. The molecule has 0 bridgehead atoms. The molecular formula is C16H32N2O. The van der Waals surface area contributed by atoms with Gasteiger partial charge in [-0.25, -0.2) is 0 Å². The molecule has 0 amide bonds. The van der Waals surface area contributed by atoms with E-state index in [0.717, 1.165) is 24.9 Å². The van der Waals surface area contributed by atoms with Crippen LogP contribution in [0.1, 0.15) is 58.8 Å². The first-order chi connectivity index (χ1) is 9.15. The molecule has 0 aromatic rings. The van der Waals surface area contributed by atoms with Gasteiger partial charge in [0.1, 0.15) is 0 Å². The molecule has 2 N–H and O–H groups in total. The number of likely N-dealkylation sites (tertiary alicyclic amines) is 1. The van der Waals surface area contributed by atoms with Crippen molar-refractivity contribution in [3.63, 3.8) is 0 Å². The first-order valence-corrected chi connectivity index (χ1v) is 8.30. The van der Waals surface area contributed by atoms with E-state index in [0.29, 0.717) is 6.04 Å². The van der Waals surface area contributed by atoms with Crippen LogP contribution in [0, 0.1) is 5.92 Å². The summed E-state index contributed by atoms with van der Waals surface area (Å²) in [6.07, 6.45) is 8.98. The molecule has 0 spiro atoms. The minimum atomic E-state index is -0.170. The van der Waals surface area contributed by atoms with Crippen LogP contribution < -0.4 is 5.32 Å². The first kappa shape index (κ1) is 15.3. The van der Waals surface area contributed by atoms with Gasteiger partial charge in [0.2, 0.25) is 0 Å². The zero-order valence-electron chi connectivity index (χ0n) is 12.8. The second-order valence-corrected chi connectivity index (χ2v) is 6.83. The van der Waals surface area contributed by atoms with E-state index in [1.54, 1.807) is 0 Å². The summed E-state index contributed by atoms with van der Waals surface area (Å²) in [7, 11) is 0. The molecule has 0 aromatic heterocycles.